The molecule has 92 valence electrons. The monoisotopic (exact) mass is 247 g/mol. The Morgan fingerprint density at radius 2 is 1.89 bits per heavy atom. The minimum absolute atomic E-state index is 0.773. The van der Waals surface area contributed by atoms with Crippen LogP contribution in [-0.4, -0.2) is 16.3 Å². The summed E-state index contributed by atoms with van der Waals surface area (Å²) in [6.45, 7) is 7.55. The van der Waals surface area contributed by atoms with Gasteiger partial charge in [0.25, 0.3) is 0 Å². The van der Waals surface area contributed by atoms with Gasteiger partial charge in [-0.1, -0.05) is 36.9 Å². The van der Waals surface area contributed by atoms with Gasteiger partial charge in [0.15, 0.2) is 0 Å². The van der Waals surface area contributed by atoms with Gasteiger partial charge in [-0.2, -0.15) is 0 Å². The van der Waals surface area contributed by atoms with Crippen LogP contribution in [-0.2, 0) is 0 Å². The second-order valence-electron chi connectivity index (χ2n) is 4.14. The van der Waals surface area contributed by atoms with Gasteiger partial charge in [0.1, 0.15) is 11.6 Å². The fourth-order valence-corrected chi connectivity index (χ4v) is 2.33. The third kappa shape index (κ3) is 1.67. The lowest BCUT2D eigenvalue weighted by Gasteiger charge is -2.06. The van der Waals surface area contributed by atoms with E-state index >= 15 is 0 Å². The molecule has 0 saturated carbocycles. The van der Waals surface area contributed by atoms with Gasteiger partial charge in [-0.05, 0) is 24.9 Å². The molecule has 3 heteroatoms. The minimum atomic E-state index is 0.773. The highest BCUT2D eigenvalue weighted by Crippen LogP contribution is 2.34. The Bertz CT molecular complexity index is 754. The number of aliphatic imine (C=N–C) groups is 1. The zero-order valence-corrected chi connectivity index (χ0v) is 10.5. The van der Waals surface area contributed by atoms with Crippen molar-refractivity contribution in [2.75, 3.05) is 0 Å². The summed E-state index contributed by atoms with van der Waals surface area (Å²) in [5.41, 5.74) is 2.04. The number of aromatic nitrogens is 2. The van der Waals surface area contributed by atoms with Crippen LogP contribution < -0.4 is 0 Å². The van der Waals surface area contributed by atoms with Gasteiger partial charge in [-0.3, -0.25) is 4.57 Å². The van der Waals surface area contributed by atoms with E-state index in [1.54, 1.807) is 6.20 Å². The molecule has 2 aromatic heterocycles. The highest BCUT2D eigenvalue weighted by molar-refractivity contribution is 5.96. The van der Waals surface area contributed by atoms with Gasteiger partial charge in [0, 0.05) is 17.1 Å². The molecule has 0 bridgehead atoms. The molecule has 0 aliphatic carbocycles. The minimum Gasteiger partial charge on any atom is -0.278 e. The van der Waals surface area contributed by atoms with E-state index in [9.17, 15) is 0 Å². The van der Waals surface area contributed by atoms with Crippen molar-refractivity contribution in [2.24, 2.45) is 4.99 Å². The molecule has 0 aliphatic heterocycles. The first-order chi connectivity index (χ1) is 9.36. The van der Waals surface area contributed by atoms with Crippen molar-refractivity contribution in [2.45, 2.75) is 0 Å². The Balaban J connectivity index is 2.47. The molecule has 3 aromatic rings. The molecule has 0 N–H and O–H groups in total. The van der Waals surface area contributed by atoms with Crippen LogP contribution in [0.5, 0.6) is 0 Å². The molecule has 0 atom stereocenters. The molecule has 19 heavy (non-hydrogen) atoms. The summed E-state index contributed by atoms with van der Waals surface area (Å²) in [7, 11) is 0. The molecular formula is C16H13N3. The Morgan fingerprint density at radius 1 is 1.11 bits per heavy atom. The molecule has 0 radical (unpaired) electrons. The molecule has 2 heterocycles. The number of para-hydroxylation sites is 1. The maximum Gasteiger partial charge on any atom is 0.145 e. The second kappa shape index (κ2) is 4.53. The van der Waals surface area contributed by atoms with Crippen molar-refractivity contribution in [1.82, 2.24) is 9.55 Å². The quantitative estimate of drug-likeness (QED) is 0.643. The SMILES string of the molecule is C=Cc1c(N=C)n(-c2ccccn2)c2ccccc12. The lowest BCUT2D eigenvalue weighted by atomic mass is 10.1. The summed E-state index contributed by atoms with van der Waals surface area (Å²) in [6, 6.07) is 13.9. The van der Waals surface area contributed by atoms with E-state index < -0.39 is 0 Å². The fourth-order valence-electron chi connectivity index (χ4n) is 2.33. The van der Waals surface area contributed by atoms with Crippen LogP contribution in [0.2, 0.25) is 0 Å². The third-order valence-corrected chi connectivity index (χ3v) is 3.12. The van der Waals surface area contributed by atoms with Crippen LogP contribution in [0.3, 0.4) is 0 Å². The number of benzene rings is 1. The standard InChI is InChI=1S/C16H13N3/c1-3-12-13-8-4-5-9-14(13)19(16(12)17-2)15-10-6-7-11-18-15/h3-11H,1-2H2. The number of rotatable bonds is 3. The van der Waals surface area contributed by atoms with Gasteiger partial charge in [-0.15, -0.1) is 0 Å². The van der Waals surface area contributed by atoms with Gasteiger partial charge in [0.05, 0.1) is 5.52 Å². The summed E-state index contributed by atoms with van der Waals surface area (Å²) >= 11 is 0. The largest absolute Gasteiger partial charge is 0.278 e. The highest BCUT2D eigenvalue weighted by atomic mass is 15.1. The summed E-state index contributed by atoms with van der Waals surface area (Å²) in [5, 5.41) is 1.10. The Kier molecular flexibility index (Phi) is 2.72. The van der Waals surface area contributed by atoms with Crippen molar-refractivity contribution >= 4 is 29.5 Å². The topological polar surface area (TPSA) is 30.2 Å². The molecule has 0 unspecified atom stereocenters. The molecule has 0 saturated heterocycles. The number of fused-ring (bicyclic) bond motifs is 1. The Morgan fingerprint density at radius 3 is 2.58 bits per heavy atom. The van der Waals surface area contributed by atoms with E-state index in [2.05, 4.69) is 29.3 Å². The Hall–Kier alpha value is -2.68. The van der Waals surface area contributed by atoms with Crippen LogP contribution in [0.4, 0.5) is 5.82 Å². The molecule has 3 nitrogen and oxygen atoms in total. The maximum absolute atomic E-state index is 4.40. The average Bonchev–Trinajstić information content (AvgIpc) is 2.81. The zero-order valence-electron chi connectivity index (χ0n) is 10.5. The van der Waals surface area contributed by atoms with Crippen molar-refractivity contribution in [3.8, 4) is 5.82 Å². The average molecular weight is 247 g/mol. The third-order valence-electron chi connectivity index (χ3n) is 3.12. The van der Waals surface area contributed by atoms with E-state index in [0.29, 0.717) is 0 Å². The molecule has 1 aromatic carbocycles. The van der Waals surface area contributed by atoms with E-state index in [1.807, 2.05) is 47.0 Å². The predicted octanol–water partition coefficient (Wildman–Crippen LogP) is 4.00. The molecule has 3 rings (SSSR count). The van der Waals surface area contributed by atoms with Crippen LogP contribution in [0, 0.1) is 0 Å². The summed E-state index contributed by atoms with van der Waals surface area (Å²) < 4.78 is 2.00. The van der Waals surface area contributed by atoms with E-state index in [1.165, 1.54) is 0 Å². The zero-order chi connectivity index (χ0) is 13.2. The van der Waals surface area contributed by atoms with Crippen LogP contribution in [0.1, 0.15) is 5.56 Å². The summed E-state index contributed by atoms with van der Waals surface area (Å²) in [4.78, 5) is 8.55. The summed E-state index contributed by atoms with van der Waals surface area (Å²) in [5.74, 6) is 1.60. The van der Waals surface area contributed by atoms with Gasteiger partial charge in [-0.25, -0.2) is 9.98 Å². The lowest BCUT2D eigenvalue weighted by molar-refractivity contribution is 1.04. The first-order valence-corrected chi connectivity index (χ1v) is 6.01. The van der Waals surface area contributed by atoms with E-state index in [-0.39, 0.29) is 0 Å². The van der Waals surface area contributed by atoms with Crippen molar-refractivity contribution in [1.29, 1.82) is 0 Å². The lowest BCUT2D eigenvalue weighted by Crippen LogP contribution is -1.95. The number of pyridine rings is 1. The van der Waals surface area contributed by atoms with Crippen molar-refractivity contribution in [3.05, 3.63) is 60.8 Å². The fraction of sp³-hybridized carbons (Fsp3) is 0. The molecule has 0 spiro atoms. The smallest absolute Gasteiger partial charge is 0.145 e. The number of hydrogen-bond donors (Lipinski definition) is 0. The molecule has 0 amide bonds. The summed E-state index contributed by atoms with van der Waals surface area (Å²) in [6.07, 6.45) is 3.58. The van der Waals surface area contributed by atoms with E-state index in [4.69, 9.17) is 0 Å². The van der Waals surface area contributed by atoms with Gasteiger partial charge >= 0.3 is 0 Å². The van der Waals surface area contributed by atoms with Crippen LogP contribution in [0.25, 0.3) is 22.8 Å². The molecule has 0 fully saturated rings. The number of nitrogens with zero attached hydrogens (tertiary/aromatic N) is 3. The highest BCUT2D eigenvalue weighted by Gasteiger charge is 2.15. The first-order valence-electron chi connectivity index (χ1n) is 6.01. The van der Waals surface area contributed by atoms with Crippen LogP contribution >= 0.6 is 0 Å². The normalized spacial score (nSPS) is 10.5. The number of hydrogen-bond acceptors (Lipinski definition) is 2. The van der Waals surface area contributed by atoms with Crippen molar-refractivity contribution in [3.63, 3.8) is 0 Å². The van der Waals surface area contributed by atoms with Gasteiger partial charge in [0.2, 0.25) is 0 Å². The maximum atomic E-state index is 4.40. The Labute approximate surface area is 111 Å². The molecule has 0 aliphatic rings. The molecular weight excluding hydrogens is 234 g/mol. The van der Waals surface area contributed by atoms with E-state index in [0.717, 1.165) is 28.1 Å². The first kappa shape index (κ1) is 11.4. The predicted molar refractivity (Wildman–Crippen MR) is 80.4 cm³/mol. The second-order valence-corrected chi connectivity index (χ2v) is 4.14. The van der Waals surface area contributed by atoms with Crippen LogP contribution in [0.15, 0.2) is 60.2 Å². The van der Waals surface area contributed by atoms with Crippen molar-refractivity contribution < 1.29 is 0 Å². The van der Waals surface area contributed by atoms with Gasteiger partial charge < -0.3 is 0 Å².